The molecular weight excluding hydrogens is 219 g/mol. The molecule has 16 heavy (non-hydrogen) atoms. The minimum atomic E-state index is -4.40. The van der Waals surface area contributed by atoms with Gasteiger partial charge in [0.05, 0.1) is 0 Å². The van der Waals surface area contributed by atoms with Gasteiger partial charge in [-0.1, -0.05) is 6.07 Å². The van der Waals surface area contributed by atoms with Crippen molar-refractivity contribution in [2.24, 2.45) is 5.73 Å². The fraction of sp³-hybridized carbons (Fsp3) is 0.500. The first-order valence-corrected chi connectivity index (χ1v) is 4.98. The maximum atomic E-state index is 12.4. The zero-order valence-electron chi connectivity index (χ0n) is 8.96. The molecule has 0 aliphatic carbocycles. The van der Waals surface area contributed by atoms with Gasteiger partial charge in [-0.05, 0) is 19.1 Å². The average Bonchev–Trinajstić information content (AvgIpc) is 2.25. The maximum absolute atomic E-state index is 12.4. The van der Waals surface area contributed by atoms with Crippen LogP contribution >= 0.6 is 0 Å². The van der Waals surface area contributed by atoms with Crippen molar-refractivity contribution >= 4 is 5.82 Å². The van der Waals surface area contributed by atoms with Crippen molar-refractivity contribution in [2.75, 3.05) is 24.5 Å². The molecule has 0 spiro atoms. The molecule has 0 saturated heterocycles. The summed E-state index contributed by atoms with van der Waals surface area (Å²) in [5, 5.41) is 0. The molecule has 0 aliphatic rings. The second-order valence-electron chi connectivity index (χ2n) is 3.25. The Morgan fingerprint density at radius 2 is 2.06 bits per heavy atom. The van der Waals surface area contributed by atoms with Crippen LogP contribution in [0.3, 0.4) is 0 Å². The number of aromatic nitrogens is 1. The first kappa shape index (κ1) is 12.8. The van der Waals surface area contributed by atoms with Crippen molar-refractivity contribution < 1.29 is 13.2 Å². The Bertz CT molecular complexity index is 338. The van der Waals surface area contributed by atoms with Crippen LogP contribution in [0, 0.1) is 0 Å². The summed E-state index contributed by atoms with van der Waals surface area (Å²) in [5.74, 6) is 0.308. The van der Waals surface area contributed by atoms with Gasteiger partial charge in [-0.3, -0.25) is 0 Å². The minimum absolute atomic E-state index is 0.308. The van der Waals surface area contributed by atoms with Gasteiger partial charge in [0.1, 0.15) is 11.5 Å². The molecule has 0 aromatic carbocycles. The summed E-state index contributed by atoms with van der Waals surface area (Å²) in [7, 11) is 0. The second-order valence-corrected chi connectivity index (χ2v) is 3.25. The van der Waals surface area contributed by atoms with E-state index in [0.717, 1.165) is 6.07 Å². The topological polar surface area (TPSA) is 42.1 Å². The summed E-state index contributed by atoms with van der Waals surface area (Å²) >= 11 is 0. The molecule has 6 heteroatoms. The number of nitrogens with zero attached hydrogens (tertiary/aromatic N) is 2. The molecule has 0 unspecified atom stereocenters. The van der Waals surface area contributed by atoms with Gasteiger partial charge in [0.2, 0.25) is 0 Å². The van der Waals surface area contributed by atoms with Gasteiger partial charge in [-0.2, -0.15) is 13.2 Å². The summed E-state index contributed by atoms with van der Waals surface area (Å²) in [6.07, 6.45) is -4.40. The largest absolute Gasteiger partial charge is 0.433 e. The van der Waals surface area contributed by atoms with Crippen LogP contribution in [-0.2, 0) is 6.18 Å². The number of nitrogens with two attached hydrogens (primary N) is 1. The lowest BCUT2D eigenvalue weighted by molar-refractivity contribution is -0.141. The van der Waals surface area contributed by atoms with Crippen molar-refractivity contribution in [1.82, 2.24) is 4.98 Å². The van der Waals surface area contributed by atoms with Crippen molar-refractivity contribution in [1.29, 1.82) is 0 Å². The smallest absolute Gasteiger partial charge is 0.356 e. The highest BCUT2D eigenvalue weighted by Crippen LogP contribution is 2.28. The molecule has 1 aromatic rings. The zero-order valence-corrected chi connectivity index (χ0v) is 8.96. The first-order valence-electron chi connectivity index (χ1n) is 4.98. The third kappa shape index (κ3) is 3.10. The fourth-order valence-electron chi connectivity index (χ4n) is 1.35. The van der Waals surface area contributed by atoms with Crippen LogP contribution in [0.15, 0.2) is 18.2 Å². The molecule has 3 nitrogen and oxygen atoms in total. The molecule has 0 amide bonds. The summed E-state index contributed by atoms with van der Waals surface area (Å²) < 4.78 is 37.2. The Kier molecular flexibility index (Phi) is 4.12. The zero-order chi connectivity index (χ0) is 12.2. The van der Waals surface area contributed by atoms with Gasteiger partial charge in [0.25, 0.3) is 0 Å². The molecule has 1 rings (SSSR count). The number of rotatable bonds is 4. The van der Waals surface area contributed by atoms with Gasteiger partial charge in [0.15, 0.2) is 0 Å². The highest BCUT2D eigenvalue weighted by Gasteiger charge is 2.32. The van der Waals surface area contributed by atoms with E-state index in [1.807, 2.05) is 6.92 Å². The summed E-state index contributed by atoms with van der Waals surface area (Å²) in [6.45, 7) is 3.29. The number of hydrogen-bond acceptors (Lipinski definition) is 3. The molecule has 0 radical (unpaired) electrons. The van der Waals surface area contributed by atoms with E-state index in [2.05, 4.69) is 4.98 Å². The number of hydrogen-bond donors (Lipinski definition) is 1. The van der Waals surface area contributed by atoms with Crippen LogP contribution < -0.4 is 10.6 Å². The number of alkyl halides is 3. The average molecular weight is 233 g/mol. The van der Waals surface area contributed by atoms with Gasteiger partial charge >= 0.3 is 6.18 Å². The number of likely N-dealkylation sites (N-methyl/N-ethyl adjacent to an activating group) is 1. The van der Waals surface area contributed by atoms with Crippen LogP contribution in [0.5, 0.6) is 0 Å². The fourth-order valence-corrected chi connectivity index (χ4v) is 1.35. The van der Waals surface area contributed by atoms with Gasteiger partial charge < -0.3 is 10.6 Å². The van der Waals surface area contributed by atoms with Gasteiger partial charge in [-0.25, -0.2) is 4.98 Å². The number of pyridine rings is 1. The van der Waals surface area contributed by atoms with Crippen molar-refractivity contribution in [3.8, 4) is 0 Å². The van der Waals surface area contributed by atoms with Crippen molar-refractivity contribution in [3.63, 3.8) is 0 Å². The van der Waals surface area contributed by atoms with Crippen LogP contribution in [0.1, 0.15) is 12.6 Å². The van der Waals surface area contributed by atoms with E-state index in [1.165, 1.54) is 6.07 Å². The Hall–Kier alpha value is -1.30. The van der Waals surface area contributed by atoms with Crippen LogP contribution in [0.2, 0.25) is 0 Å². The second kappa shape index (κ2) is 5.16. The van der Waals surface area contributed by atoms with Crippen molar-refractivity contribution in [2.45, 2.75) is 13.1 Å². The van der Waals surface area contributed by atoms with Crippen molar-refractivity contribution in [3.05, 3.63) is 23.9 Å². The quantitative estimate of drug-likeness (QED) is 0.863. The SMILES string of the molecule is CCN(CCN)c1cccc(C(F)(F)F)n1. The van der Waals surface area contributed by atoms with E-state index in [1.54, 1.807) is 11.0 Å². The molecule has 0 fully saturated rings. The Balaban J connectivity index is 2.97. The molecule has 0 aliphatic heterocycles. The lowest BCUT2D eigenvalue weighted by Crippen LogP contribution is -2.30. The lowest BCUT2D eigenvalue weighted by Gasteiger charge is -2.21. The van der Waals surface area contributed by atoms with Crippen LogP contribution in [0.25, 0.3) is 0 Å². The highest BCUT2D eigenvalue weighted by atomic mass is 19.4. The third-order valence-electron chi connectivity index (χ3n) is 2.13. The van der Waals surface area contributed by atoms with E-state index >= 15 is 0 Å². The van der Waals surface area contributed by atoms with Crippen LogP contribution in [-0.4, -0.2) is 24.6 Å². The third-order valence-corrected chi connectivity index (χ3v) is 2.13. The van der Waals surface area contributed by atoms with E-state index in [-0.39, 0.29) is 0 Å². The number of halogens is 3. The molecule has 2 N–H and O–H groups in total. The van der Waals surface area contributed by atoms with Gasteiger partial charge in [0, 0.05) is 19.6 Å². The maximum Gasteiger partial charge on any atom is 0.433 e. The predicted octanol–water partition coefficient (Wildman–Crippen LogP) is 1.89. The lowest BCUT2D eigenvalue weighted by atomic mass is 10.3. The van der Waals surface area contributed by atoms with E-state index in [0.29, 0.717) is 25.5 Å². The van der Waals surface area contributed by atoms with Crippen LogP contribution in [0.4, 0.5) is 19.0 Å². The Labute approximate surface area is 92.1 Å². The first-order chi connectivity index (χ1) is 7.49. The molecule has 1 heterocycles. The monoisotopic (exact) mass is 233 g/mol. The molecule has 0 saturated carbocycles. The molecule has 90 valence electrons. The Morgan fingerprint density at radius 3 is 2.56 bits per heavy atom. The highest BCUT2D eigenvalue weighted by molar-refractivity contribution is 5.39. The predicted molar refractivity (Wildman–Crippen MR) is 56.2 cm³/mol. The molecule has 1 aromatic heterocycles. The van der Waals surface area contributed by atoms with Gasteiger partial charge in [-0.15, -0.1) is 0 Å². The molecule has 0 atom stereocenters. The van der Waals surface area contributed by atoms with E-state index in [9.17, 15) is 13.2 Å². The summed E-state index contributed by atoms with van der Waals surface area (Å²) in [6, 6.07) is 3.86. The molecular formula is C10H14F3N3. The summed E-state index contributed by atoms with van der Waals surface area (Å²) in [4.78, 5) is 5.28. The molecule has 0 bridgehead atoms. The minimum Gasteiger partial charge on any atom is -0.356 e. The Morgan fingerprint density at radius 1 is 1.38 bits per heavy atom. The van der Waals surface area contributed by atoms with E-state index in [4.69, 9.17) is 5.73 Å². The number of anilines is 1. The standard InChI is InChI=1S/C10H14F3N3/c1-2-16(7-6-14)9-5-3-4-8(15-9)10(11,12)13/h3-5H,2,6-7,14H2,1H3. The normalized spacial score (nSPS) is 11.6. The summed E-state index contributed by atoms with van der Waals surface area (Å²) in [5.41, 5.74) is 4.50. The van der Waals surface area contributed by atoms with E-state index < -0.39 is 11.9 Å².